The lowest BCUT2D eigenvalue weighted by molar-refractivity contribution is -0.131. The molecule has 1 aromatic rings. The molecular formula is C20H23N3O3. The van der Waals surface area contributed by atoms with Gasteiger partial charge in [-0.3, -0.25) is 19.3 Å². The van der Waals surface area contributed by atoms with Crippen molar-refractivity contribution in [2.45, 2.75) is 39.4 Å². The van der Waals surface area contributed by atoms with Gasteiger partial charge in [-0.1, -0.05) is 39.0 Å². The smallest absolute Gasteiger partial charge is 0.261 e. The number of nitrogens with zero attached hydrogens (tertiary/aromatic N) is 1. The fourth-order valence-corrected chi connectivity index (χ4v) is 3.08. The van der Waals surface area contributed by atoms with Gasteiger partial charge in [-0.25, -0.2) is 0 Å². The van der Waals surface area contributed by atoms with Gasteiger partial charge >= 0.3 is 0 Å². The molecule has 2 heterocycles. The number of allylic oxidation sites excluding steroid dienone is 2. The van der Waals surface area contributed by atoms with Gasteiger partial charge in [0.15, 0.2) is 5.66 Å². The lowest BCUT2D eigenvalue weighted by Crippen LogP contribution is -2.69. The third kappa shape index (κ3) is 2.81. The van der Waals surface area contributed by atoms with Crippen molar-refractivity contribution in [1.82, 2.24) is 15.5 Å². The number of rotatable bonds is 3. The molecule has 1 aromatic carbocycles. The standard InChI is InChI=1S/C20H23N3O3/c1-13(23-16(24)14-9-5-6-10-15(14)17(23)25)20(11-7-8-12-21-20)22-18(26)19(2,3)4/h5-13,21H,1-4H3,(H,22,26). The summed E-state index contributed by atoms with van der Waals surface area (Å²) < 4.78 is 0. The molecule has 26 heavy (non-hydrogen) atoms. The van der Waals surface area contributed by atoms with Gasteiger partial charge in [-0.15, -0.1) is 0 Å². The normalized spacial score (nSPS) is 22.8. The maximum absolute atomic E-state index is 12.8. The summed E-state index contributed by atoms with van der Waals surface area (Å²) in [6.07, 6.45) is 7.03. The van der Waals surface area contributed by atoms with Crippen molar-refractivity contribution in [2.75, 3.05) is 0 Å². The van der Waals surface area contributed by atoms with Crippen LogP contribution < -0.4 is 10.6 Å². The van der Waals surface area contributed by atoms with E-state index in [1.165, 1.54) is 4.90 Å². The van der Waals surface area contributed by atoms with E-state index in [4.69, 9.17) is 0 Å². The second-order valence-electron chi connectivity index (χ2n) is 7.64. The minimum Gasteiger partial charge on any atom is -0.364 e. The second-order valence-corrected chi connectivity index (χ2v) is 7.64. The molecule has 6 nitrogen and oxygen atoms in total. The molecule has 0 saturated carbocycles. The van der Waals surface area contributed by atoms with Gasteiger partial charge in [0.2, 0.25) is 5.91 Å². The lowest BCUT2D eigenvalue weighted by atomic mass is 9.91. The van der Waals surface area contributed by atoms with E-state index < -0.39 is 17.1 Å². The highest BCUT2D eigenvalue weighted by molar-refractivity contribution is 6.21. The third-order valence-corrected chi connectivity index (χ3v) is 4.76. The van der Waals surface area contributed by atoms with Crippen LogP contribution in [0.2, 0.25) is 0 Å². The Labute approximate surface area is 152 Å². The summed E-state index contributed by atoms with van der Waals surface area (Å²) >= 11 is 0. The number of fused-ring (bicyclic) bond motifs is 1. The van der Waals surface area contributed by atoms with Crippen LogP contribution in [0.5, 0.6) is 0 Å². The van der Waals surface area contributed by atoms with Crippen LogP contribution in [-0.4, -0.2) is 34.3 Å². The Morgan fingerprint density at radius 1 is 1.12 bits per heavy atom. The summed E-state index contributed by atoms with van der Waals surface area (Å²) in [5.74, 6) is -0.895. The molecule has 0 saturated heterocycles. The Bertz CT molecular complexity index is 800. The van der Waals surface area contributed by atoms with Crippen molar-refractivity contribution in [3.63, 3.8) is 0 Å². The van der Waals surface area contributed by atoms with Crippen molar-refractivity contribution >= 4 is 17.7 Å². The number of carbonyl (C=O) groups is 3. The summed E-state index contributed by atoms with van der Waals surface area (Å²) in [4.78, 5) is 39.5. The first-order valence-corrected chi connectivity index (χ1v) is 8.59. The Kier molecular flexibility index (Phi) is 4.22. The first kappa shape index (κ1) is 17.9. The molecule has 2 aliphatic heterocycles. The second kappa shape index (κ2) is 6.12. The molecule has 136 valence electrons. The largest absolute Gasteiger partial charge is 0.364 e. The molecule has 2 atom stereocenters. The summed E-state index contributed by atoms with van der Waals surface area (Å²) in [6, 6.07) is 6.12. The molecule has 3 amide bonds. The molecule has 0 spiro atoms. The molecule has 0 aliphatic carbocycles. The highest BCUT2D eigenvalue weighted by Crippen LogP contribution is 2.29. The number of benzene rings is 1. The van der Waals surface area contributed by atoms with Crippen LogP contribution in [0.25, 0.3) is 0 Å². The molecule has 2 aliphatic rings. The number of imide groups is 1. The molecule has 2 N–H and O–H groups in total. The minimum atomic E-state index is -1.08. The van der Waals surface area contributed by atoms with E-state index in [9.17, 15) is 14.4 Å². The van der Waals surface area contributed by atoms with Crippen LogP contribution in [0.4, 0.5) is 0 Å². The Hall–Kier alpha value is -2.89. The van der Waals surface area contributed by atoms with Crippen LogP contribution in [-0.2, 0) is 4.79 Å². The van der Waals surface area contributed by atoms with Gasteiger partial charge in [0, 0.05) is 5.41 Å². The van der Waals surface area contributed by atoms with Crippen molar-refractivity contribution in [2.24, 2.45) is 5.41 Å². The van der Waals surface area contributed by atoms with E-state index in [-0.39, 0.29) is 17.7 Å². The maximum Gasteiger partial charge on any atom is 0.261 e. The number of nitrogens with one attached hydrogen (secondary N) is 2. The first-order chi connectivity index (χ1) is 12.2. The van der Waals surface area contributed by atoms with E-state index >= 15 is 0 Å². The highest BCUT2D eigenvalue weighted by Gasteiger charge is 2.48. The van der Waals surface area contributed by atoms with E-state index in [0.29, 0.717) is 11.1 Å². The predicted molar refractivity (Wildman–Crippen MR) is 98.1 cm³/mol. The minimum absolute atomic E-state index is 0.187. The fourth-order valence-electron chi connectivity index (χ4n) is 3.08. The van der Waals surface area contributed by atoms with Crippen molar-refractivity contribution in [3.8, 4) is 0 Å². The first-order valence-electron chi connectivity index (χ1n) is 8.59. The van der Waals surface area contributed by atoms with Crippen molar-refractivity contribution in [3.05, 3.63) is 59.8 Å². The third-order valence-electron chi connectivity index (χ3n) is 4.76. The molecule has 0 radical (unpaired) electrons. The van der Waals surface area contributed by atoms with Gasteiger partial charge in [0.1, 0.15) is 0 Å². The zero-order valence-electron chi connectivity index (χ0n) is 15.4. The molecule has 0 bridgehead atoms. The quantitative estimate of drug-likeness (QED) is 0.817. The summed E-state index contributed by atoms with van der Waals surface area (Å²) in [6.45, 7) is 7.18. The lowest BCUT2D eigenvalue weighted by Gasteiger charge is -2.43. The summed E-state index contributed by atoms with van der Waals surface area (Å²) in [7, 11) is 0. The molecular weight excluding hydrogens is 330 g/mol. The summed E-state index contributed by atoms with van der Waals surface area (Å²) in [5.41, 5.74) is -0.924. The number of carbonyl (C=O) groups excluding carboxylic acids is 3. The zero-order chi connectivity index (χ0) is 19.1. The predicted octanol–water partition coefficient (Wildman–Crippen LogP) is 2.20. The Balaban J connectivity index is 1.97. The van der Waals surface area contributed by atoms with Crippen LogP contribution in [0.3, 0.4) is 0 Å². The van der Waals surface area contributed by atoms with Gasteiger partial charge < -0.3 is 10.6 Å². The van der Waals surface area contributed by atoms with Gasteiger partial charge in [-0.05, 0) is 37.4 Å². The molecule has 6 heteroatoms. The number of hydrogen-bond acceptors (Lipinski definition) is 4. The van der Waals surface area contributed by atoms with Gasteiger partial charge in [0.25, 0.3) is 11.8 Å². The van der Waals surface area contributed by atoms with Gasteiger partial charge in [-0.2, -0.15) is 0 Å². The van der Waals surface area contributed by atoms with E-state index in [0.717, 1.165) is 0 Å². The SMILES string of the molecule is CC(N1C(=O)c2ccccc2C1=O)C1(NC(=O)C(C)(C)C)C=CC=CN1. The van der Waals surface area contributed by atoms with Crippen molar-refractivity contribution < 1.29 is 14.4 Å². The monoisotopic (exact) mass is 353 g/mol. The fraction of sp³-hybridized carbons (Fsp3) is 0.350. The van der Waals surface area contributed by atoms with E-state index in [2.05, 4.69) is 10.6 Å². The number of dihydropyridines is 1. The zero-order valence-corrected chi connectivity index (χ0v) is 15.4. The topological polar surface area (TPSA) is 78.5 Å². The highest BCUT2D eigenvalue weighted by atomic mass is 16.2. The summed E-state index contributed by atoms with van der Waals surface area (Å²) in [5, 5.41) is 6.12. The van der Waals surface area contributed by atoms with Crippen molar-refractivity contribution in [1.29, 1.82) is 0 Å². The molecule has 2 unspecified atom stereocenters. The van der Waals surface area contributed by atoms with E-state index in [1.807, 2.05) is 20.8 Å². The number of hydrogen-bond donors (Lipinski definition) is 2. The molecule has 0 aromatic heterocycles. The average molecular weight is 353 g/mol. The Morgan fingerprint density at radius 2 is 1.69 bits per heavy atom. The van der Waals surface area contributed by atoms with Crippen LogP contribution in [0.1, 0.15) is 48.4 Å². The van der Waals surface area contributed by atoms with E-state index in [1.54, 1.807) is 55.6 Å². The van der Waals surface area contributed by atoms with Crippen LogP contribution >= 0.6 is 0 Å². The Morgan fingerprint density at radius 3 is 2.15 bits per heavy atom. The molecule has 3 rings (SSSR count). The average Bonchev–Trinajstić information content (AvgIpc) is 2.85. The molecule has 0 fully saturated rings. The maximum atomic E-state index is 12.8. The van der Waals surface area contributed by atoms with Crippen LogP contribution in [0.15, 0.2) is 48.7 Å². The van der Waals surface area contributed by atoms with Gasteiger partial charge in [0.05, 0.1) is 17.2 Å². The number of amides is 3. The van der Waals surface area contributed by atoms with Crippen LogP contribution in [0, 0.1) is 5.41 Å².